The van der Waals surface area contributed by atoms with Crippen molar-refractivity contribution >= 4 is 28.3 Å². The highest BCUT2D eigenvalue weighted by Crippen LogP contribution is 2.21. The normalized spacial score (nSPS) is 10.7. The van der Waals surface area contributed by atoms with Crippen molar-refractivity contribution in [2.45, 2.75) is 20.4 Å². The van der Waals surface area contributed by atoms with Gasteiger partial charge in [-0.1, -0.05) is 48.0 Å². The van der Waals surface area contributed by atoms with E-state index >= 15 is 0 Å². The van der Waals surface area contributed by atoms with E-state index in [-0.39, 0.29) is 5.91 Å². The van der Waals surface area contributed by atoms with Crippen molar-refractivity contribution in [3.05, 3.63) is 89.5 Å². The first-order chi connectivity index (χ1) is 14.1. The van der Waals surface area contributed by atoms with Crippen molar-refractivity contribution in [1.82, 2.24) is 15.0 Å². The molecular weight excluding hydrogens is 362 g/mol. The molecule has 0 atom stereocenters. The van der Waals surface area contributed by atoms with Gasteiger partial charge in [0.2, 0.25) is 0 Å². The van der Waals surface area contributed by atoms with Gasteiger partial charge in [-0.2, -0.15) is 0 Å². The van der Waals surface area contributed by atoms with E-state index in [2.05, 4.69) is 56.8 Å². The number of fused-ring (bicyclic) bond motifs is 1. The van der Waals surface area contributed by atoms with Crippen LogP contribution in [-0.4, -0.2) is 20.9 Å². The maximum absolute atomic E-state index is 12.8. The van der Waals surface area contributed by atoms with Crippen LogP contribution in [0.15, 0.2) is 66.9 Å². The van der Waals surface area contributed by atoms with Crippen LogP contribution >= 0.6 is 0 Å². The van der Waals surface area contributed by atoms with Crippen LogP contribution in [0, 0.1) is 13.8 Å². The number of aryl methyl sites for hydroxylation is 2. The minimum Gasteiger partial charge on any atom is -0.366 e. The molecule has 0 bridgehead atoms. The van der Waals surface area contributed by atoms with Gasteiger partial charge in [-0.25, -0.2) is 9.97 Å². The highest BCUT2D eigenvalue weighted by Gasteiger charge is 2.13. The molecular formula is C23H21N5O. The van der Waals surface area contributed by atoms with E-state index in [0.29, 0.717) is 29.6 Å². The van der Waals surface area contributed by atoms with Gasteiger partial charge >= 0.3 is 0 Å². The number of nitrogens with one attached hydrogen (secondary N) is 2. The lowest BCUT2D eigenvalue weighted by Gasteiger charge is -2.10. The second-order valence-corrected chi connectivity index (χ2v) is 6.86. The molecule has 1 amide bonds. The van der Waals surface area contributed by atoms with Gasteiger partial charge in [0, 0.05) is 24.2 Å². The molecule has 6 nitrogen and oxygen atoms in total. The average Bonchev–Trinajstić information content (AvgIpc) is 2.73. The lowest BCUT2D eigenvalue weighted by atomic mass is 10.1. The summed E-state index contributed by atoms with van der Waals surface area (Å²) >= 11 is 0. The second kappa shape index (κ2) is 8.06. The third-order valence-electron chi connectivity index (χ3n) is 4.55. The van der Waals surface area contributed by atoms with E-state index in [1.165, 1.54) is 5.56 Å². The number of hydrogen-bond donors (Lipinski definition) is 2. The van der Waals surface area contributed by atoms with Crippen molar-refractivity contribution < 1.29 is 4.79 Å². The number of carbonyl (C=O) groups is 1. The summed E-state index contributed by atoms with van der Waals surface area (Å²) in [5, 5.41) is 7.15. The Morgan fingerprint density at radius 1 is 0.966 bits per heavy atom. The third-order valence-corrected chi connectivity index (χ3v) is 4.55. The van der Waals surface area contributed by atoms with Gasteiger partial charge in [-0.3, -0.25) is 9.78 Å². The maximum Gasteiger partial charge on any atom is 0.274 e. The van der Waals surface area contributed by atoms with Crippen LogP contribution in [0.2, 0.25) is 0 Å². The molecule has 4 aromatic rings. The molecule has 2 aromatic heterocycles. The van der Waals surface area contributed by atoms with E-state index in [4.69, 9.17) is 0 Å². The first kappa shape index (κ1) is 18.6. The monoisotopic (exact) mass is 383 g/mol. The molecule has 0 aliphatic rings. The Morgan fingerprint density at radius 3 is 2.59 bits per heavy atom. The van der Waals surface area contributed by atoms with Crippen LogP contribution in [0.4, 0.5) is 11.5 Å². The summed E-state index contributed by atoms with van der Waals surface area (Å²) < 4.78 is 0. The molecule has 2 heterocycles. The van der Waals surface area contributed by atoms with Crippen LogP contribution in [0.5, 0.6) is 0 Å². The van der Waals surface area contributed by atoms with Gasteiger partial charge in [0.1, 0.15) is 17.3 Å². The highest BCUT2D eigenvalue weighted by atomic mass is 16.1. The van der Waals surface area contributed by atoms with Crippen molar-refractivity contribution in [3.63, 3.8) is 0 Å². The van der Waals surface area contributed by atoms with Gasteiger partial charge in [-0.15, -0.1) is 0 Å². The van der Waals surface area contributed by atoms with E-state index < -0.39 is 0 Å². The number of nitrogens with zero attached hydrogens (tertiary/aromatic N) is 3. The number of aromatic nitrogens is 3. The molecule has 144 valence electrons. The molecule has 0 radical (unpaired) electrons. The summed E-state index contributed by atoms with van der Waals surface area (Å²) in [6, 6.07) is 19.4. The quantitative estimate of drug-likeness (QED) is 0.530. The van der Waals surface area contributed by atoms with Crippen LogP contribution in [0.25, 0.3) is 10.9 Å². The number of pyridine rings is 1. The van der Waals surface area contributed by atoms with Crippen LogP contribution in [-0.2, 0) is 6.54 Å². The zero-order valence-electron chi connectivity index (χ0n) is 16.3. The molecule has 6 heteroatoms. The topological polar surface area (TPSA) is 79.8 Å². The van der Waals surface area contributed by atoms with Crippen LogP contribution in [0.3, 0.4) is 0 Å². The summed E-state index contributed by atoms with van der Waals surface area (Å²) in [5.41, 5.74) is 4.05. The van der Waals surface area contributed by atoms with Crippen LogP contribution in [0.1, 0.15) is 27.4 Å². The van der Waals surface area contributed by atoms with Crippen molar-refractivity contribution in [2.75, 3.05) is 10.6 Å². The van der Waals surface area contributed by atoms with Crippen molar-refractivity contribution in [1.29, 1.82) is 0 Å². The Labute approximate surface area is 169 Å². The Morgan fingerprint density at radius 2 is 1.76 bits per heavy atom. The largest absolute Gasteiger partial charge is 0.366 e. The lowest BCUT2D eigenvalue weighted by Crippen LogP contribution is -2.16. The SMILES string of the molecule is Cc1ccc(CNc2cc(C(=O)Nc3cccc4cccnc34)nc(C)n2)cc1. The van der Waals surface area contributed by atoms with Gasteiger partial charge < -0.3 is 10.6 Å². The van der Waals surface area contributed by atoms with Gasteiger partial charge in [0.25, 0.3) is 5.91 Å². The standard InChI is InChI=1S/C23H21N5O/c1-15-8-10-17(11-9-15)14-25-21-13-20(26-16(2)27-21)23(29)28-19-7-3-5-18-6-4-12-24-22(18)19/h3-13H,14H2,1-2H3,(H,28,29)(H,25,26,27). The molecule has 0 aliphatic carbocycles. The van der Waals surface area contributed by atoms with E-state index in [9.17, 15) is 4.79 Å². The Balaban J connectivity index is 1.53. The number of benzene rings is 2. The summed E-state index contributed by atoms with van der Waals surface area (Å²) in [6.07, 6.45) is 1.71. The first-order valence-corrected chi connectivity index (χ1v) is 9.39. The average molecular weight is 383 g/mol. The zero-order chi connectivity index (χ0) is 20.2. The predicted molar refractivity (Wildman–Crippen MR) is 115 cm³/mol. The summed E-state index contributed by atoms with van der Waals surface area (Å²) in [4.78, 5) is 25.9. The molecule has 2 N–H and O–H groups in total. The minimum absolute atomic E-state index is 0.299. The molecule has 0 saturated heterocycles. The smallest absolute Gasteiger partial charge is 0.274 e. The Hall–Kier alpha value is -3.80. The lowest BCUT2D eigenvalue weighted by molar-refractivity contribution is 0.102. The molecule has 0 fully saturated rings. The van der Waals surface area contributed by atoms with Crippen molar-refractivity contribution in [3.8, 4) is 0 Å². The fourth-order valence-electron chi connectivity index (χ4n) is 3.06. The number of para-hydroxylation sites is 1. The number of hydrogen-bond acceptors (Lipinski definition) is 5. The Kier molecular flexibility index (Phi) is 5.16. The number of anilines is 2. The molecule has 0 unspecified atom stereocenters. The van der Waals surface area contributed by atoms with E-state index in [0.717, 1.165) is 16.5 Å². The third kappa shape index (κ3) is 4.38. The predicted octanol–water partition coefficient (Wildman–Crippen LogP) is 4.51. The van der Waals surface area contributed by atoms with Crippen molar-refractivity contribution in [2.24, 2.45) is 0 Å². The van der Waals surface area contributed by atoms with Gasteiger partial charge in [0.05, 0.1) is 11.2 Å². The molecule has 29 heavy (non-hydrogen) atoms. The summed E-state index contributed by atoms with van der Waals surface area (Å²) in [7, 11) is 0. The van der Waals surface area contributed by atoms with Gasteiger partial charge in [0.15, 0.2) is 0 Å². The zero-order valence-corrected chi connectivity index (χ0v) is 16.3. The molecule has 0 saturated carbocycles. The summed E-state index contributed by atoms with van der Waals surface area (Å²) in [5.74, 6) is 0.839. The fraction of sp³-hybridized carbons (Fsp3) is 0.130. The second-order valence-electron chi connectivity index (χ2n) is 6.86. The molecule has 0 spiro atoms. The number of rotatable bonds is 5. The molecule has 4 rings (SSSR count). The fourth-order valence-corrected chi connectivity index (χ4v) is 3.06. The van der Waals surface area contributed by atoms with Gasteiger partial charge in [-0.05, 0) is 31.5 Å². The van der Waals surface area contributed by atoms with E-state index in [1.807, 2.05) is 30.3 Å². The maximum atomic E-state index is 12.8. The first-order valence-electron chi connectivity index (χ1n) is 9.39. The molecule has 0 aliphatic heterocycles. The number of carbonyl (C=O) groups excluding carboxylic acids is 1. The minimum atomic E-state index is -0.299. The van der Waals surface area contributed by atoms with Crippen LogP contribution < -0.4 is 10.6 Å². The van der Waals surface area contributed by atoms with E-state index in [1.54, 1.807) is 19.2 Å². The number of amides is 1. The molecule has 2 aromatic carbocycles. The Bertz CT molecular complexity index is 1170. The highest BCUT2D eigenvalue weighted by molar-refractivity contribution is 6.07. The summed E-state index contributed by atoms with van der Waals surface area (Å²) in [6.45, 7) is 4.44.